The quantitative estimate of drug-likeness (QED) is 0.544. The van der Waals surface area contributed by atoms with Crippen molar-refractivity contribution in [1.82, 2.24) is 15.2 Å². The Hall–Kier alpha value is -3.36. The van der Waals surface area contributed by atoms with Gasteiger partial charge in [-0.2, -0.15) is 0 Å². The Morgan fingerprint density at radius 1 is 1.25 bits per heavy atom. The molecule has 5 rings (SSSR count). The zero-order valence-electron chi connectivity index (χ0n) is 20.7. The summed E-state index contributed by atoms with van der Waals surface area (Å²) in [4.78, 5) is 56.5. The van der Waals surface area contributed by atoms with Crippen LogP contribution in [0.25, 0.3) is 10.9 Å². The third-order valence-corrected chi connectivity index (χ3v) is 8.42. The Morgan fingerprint density at radius 2 is 2.06 bits per heavy atom. The van der Waals surface area contributed by atoms with Crippen molar-refractivity contribution in [2.24, 2.45) is 17.1 Å². The minimum Gasteiger partial charge on any atom is -0.496 e. The molecule has 36 heavy (non-hydrogen) atoms. The average molecular weight is 495 g/mol. The number of nitrogens with one attached hydrogen (secondary N) is 2. The molecular weight excluding hydrogens is 460 g/mol. The summed E-state index contributed by atoms with van der Waals surface area (Å²) in [6.45, 7) is 0.499. The van der Waals surface area contributed by atoms with Crippen molar-refractivity contribution < 1.29 is 23.9 Å². The molecule has 4 N–H and O–H groups in total. The topological polar surface area (TPSA) is 135 Å². The molecule has 1 unspecified atom stereocenters. The molecule has 2 aromatic rings. The molecule has 2 saturated carbocycles. The van der Waals surface area contributed by atoms with Crippen molar-refractivity contribution in [3.05, 3.63) is 30.0 Å². The Balaban J connectivity index is 1.36. The van der Waals surface area contributed by atoms with Crippen molar-refractivity contribution in [3.8, 4) is 5.75 Å². The number of nitrogens with two attached hydrogens (primary N) is 1. The van der Waals surface area contributed by atoms with Crippen molar-refractivity contribution in [2.45, 2.75) is 69.9 Å². The van der Waals surface area contributed by atoms with E-state index in [9.17, 15) is 19.2 Å². The molecule has 1 aliphatic heterocycles. The normalized spacial score (nSPS) is 23.9. The Bertz CT molecular complexity index is 1200. The van der Waals surface area contributed by atoms with Gasteiger partial charge in [0, 0.05) is 29.8 Å². The predicted octanol–water partition coefficient (Wildman–Crippen LogP) is 2.68. The molecule has 1 spiro atoms. The summed E-state index contributed by atoms with van der Waals surface area (Å²) >= 11 is 0. The number of carbonyl (C=O) groups is 4. The third-order valence-electron chi connectivity index (χ3n) is 8.42. The van der Waals surface area contributed by atoms with Gasteiger partial charge < -0.3 is 25.7 Å². The van der Waals surface area contributed by atoms with Crippen LogP contribution >= 0.6 is 0 Å². The predicted molar refractivity (Wildman–Crippen MR) is 133 cm³/mol. The van der Waals surface area contributed by atoms with Gasteiger partial charge in [0.05, 0.1) is 7.11 Å². The molecule has 1 saturated heterocycles. The SMILES string of the molecule is COc1cccc2[nH]c(C(=O)N3CC4(CCC4)CC3C(=O)N[C@@H](C[C@@H]3CCCCC3=O)C(N)=O)cc12. The van der Waals surface area contributed by atoms with Crippen LogP contribution < -0.4 is 15.8 Å². The minimum atomic E-state index is -0.934. The van der Waals surface area contributed by atoms with Crippen LogP contribution in [-0.4, -0.2) is 59.1 Å². The van der Waals surface area contributed by atoms with Crippen LogP contribution in [0, 0.1) is 11.3 Å². The number of methoxy groups -OCH3 is 1. The lowest BCUT2D eigenvalue weighted by Gasteiger charge is -2.37. The van der Waals surface area contributed by atoms with Gasteiger partial charge in [-0.3, -0.25) is 19.2 Å². The summed E-state index contributed by atoms with van der Waals surface area (Å²) in [5, 5.41) is 3.60. The number of Topliss-reactive ketones (excluding diaryl/α,β-unsaturated/α-hetero) is 1. The van der Waals surface area contributed by atoms with E-state index in [0.717, 1.165) is 43.0 Å². The van der Waals surface area contributed by atoms with E-state index in [2.05, 4.69) is 10.3 Å². The van der Waals surface area contributed by atoms with E-state index in [0.29, 0.717) is 37.3 Å². The number of primary amides is 1. The summed E-state index contributed by atoms with van der Waals surface area (Å²) in [7, 11) is 1.58. The number of likely N-dealkylation sites (tertiary alicyclic amines) is 1. The number of fused-ring (bicyclic) bond motifs is 1. The van der Waals surface area contributed by atoms with E-state index in [1.54, 1.807) is 18.1 Å². The van der Waals surface area contributed by atoms with E-state index in [4.69, 9.17) is 10.5 Å². The van der Waals surface area contributed by atoms with Crippen LogP contribution in [0.2, 0.25) is 0 Å². The molecule has 1 aromatic heterocycles. The van der Waals surface area contributed by atoms with Crippen molar-refractivity contribution in [1.29, 1.82) is 0 Å². The maximum atomic E-state index is 13.7. The second-order valence-corrected chi connectivity index (χ2v) is 10.7. The summed E-state index contributed by atoms with van der Waals surface area (Å²) in [6, 6.07) is 5.69. The molecule has 9 heteroatoms. The van der Waals surface area contributed by atoms with Gasteiger partial charge in [-0.25, -0.2) is 0 Å². The van der Waals surface area contributed by atoms with Gasteiger partial charge in [0.15, 0.2) is 0 Å². The number of hydrogen-bond acceptors (Lipinski definition) is 5. The molecule has 2 aliphatic carbocycles. The number of carbonyl (C=O) groups excluding carboxylic acids is 4. The van der Waals surface area contributed by atoms with E-state index < -0.39 is 18.0 Å². The van der Waals surface area contributed by atoms with Crippen LogP contribution in [0.15, 0.2) is 24.3 Å². The third kappa shape index (κ3) is 4.47. The standard InChI is InChI=1S/C27H34N4O5/c1-36-23-9-4-7-18-17(23)13-20(29-18)26(35)31-15-27(10-5-11-27)14-21(31)25(34)30-19(24(28)33)12-16-6-2-3-8-22(16)32/h4,7,9,13,16,19,21,29H,2-3,5-6,8,10-12,14-15H2,1H3,(H2,28,33)(H,30,34)/t16-,19-,21?/m0/s1. The lowest BCUT2D eigenvalue weighted by Crippen LogP contribution is -2.53. The highest BCUT2D eigenvalue weighted by Gasteiger charge is 2.52. The summed E-state index contributed by atoms with van der Waals surface area (Å²) < 4.78 is 5.42. The van der Waals surface area contributed by atoms with Crippen LogP contribution in [0.5, 0.6) is 5.75 Å². The van der Waals surface area contributed by atoms with E-state index in [1.807, 2.05) is 18.2 Å². The maximum absolute atomic E-state index is 13.7. The molecule has 1 aromatic carbocycles. The van der Waals surface area contributed by atoms with Crippen molar-refractivity contribution >= 4 is 34.4 Å². The van der Waals surface area contributed by atoms with Gasteiger partial charge in [0.1, 0.15) is 29.3 Å². The fourth-order valence-electron chi connectivity index (χ4n) is 6.22. The Labute approximate surface area is 210 Å². The molecule has 0 radical (unpaired) electrons. The first kappa shape index (κ1) is 24.3. The molecule has 3 atom stereocenters. The zero-order valence-corrected chi connectivity index (χ0v) is 20.7. The zero-order chi connectivity index (χ0) is 25.4. The number of ketones is 1. The maximum Gasteiger partial charge on any atom is 0.271 e. The first-order valence-electron chi connectivity index (χ1n) is 12.9. The fourth-order valence-corrected chi connectivity index (χ4v) is 6.22. The number of rotatable bonds is 7. The second kappa shape index (κ2) is 9.59. The number of nitrogens with zero attached hydrogens (tertiary/aromatic N) is 1. The molecule has 3 fully saturated rings. The summed E-state index contributed by atoms with van der Waals surface area (Å²) in [5.74, 6) is -0.767. The van der Waals surface area contributed by atoms with Gasteiger partial charge in [0.25, 0.3) is 5.91 Å². The highest BCUT2D eigenvalue weighted by Crippen LogP contribution is 2.50. The Kier molecular flexibility index (Phi) is 6.49. The molecule has 192 valence electrons. The molecule has 3 amide bonds. The fraction of sp³-hybridized carbons (Fsp3) is 0.556. The van der Waals surface area contributed by atoms with Crippen LogP contribution in [0.4, 0.5) is 0 Å². The number of benzene rings is 1. The second-order valence-electron chi connectivity index (χ2n) is 10.7. The van der Waals surface area contributed by atoms with Gasteiger partial charge in [-0.05, 0) is 62.1 Å². The summed E-state index contributed by atoms with van der Waals surface area (Å²) in [6.07, 6.45) is 6.80. The highest BCUT2D eigenvalue weighted by molar-refractivity contribution is 6.02. The van der Waals surface area contributed by atoms with Crippen LogP contribution in [0.3, 0.4) is 0 Å². The lowest BCUT2D eigenvalue weighted by molar-refractivity contribution is -0.131. The molecular formula is C27H34N4O5. The number of aromatic amines is 1. The number of ether oxygens (including phenoxy) is 1. The van der Waals surface area contributed by atoms with Gasteiger partial charge >= 0.3 is 0 Å². The first-order valence-corrected chi connectivity index (χ1v) is 12.9. The van der Waals surface area contributed by atoms with Crippen molar-refractivity contribution in [2.75, 3.05) is 13.7 Å². The number of aromatic nitrogens is 1. The van der Waals surface area contributed by atoms with Crippen molar-refractivity contribution in [3.63, 3.8) is 0 Å². The smallest absolute Gasteiger partial charge is 0.271 e. The molecule has 9 nitrogen and oxygen atoms in total. The van der Waals surface area contributed by atoms with E-state index in [-0.39, 0.29) is 35.4 Å². The van der Waals surface area contributed by atoms with Gasteiger partial charge in [-0.15, -0.1) is 0 Å². The highest BCUT2D eigenvalue weighted by atomic mass is 16.5. The molecule has 0 bridgehead atoms. The minimum absolute atomic E-state index is 0.0665. The number of amides is 3. The largest absolute Gasteiger partial charge is 0.496 e. The number of hydrogen-bond donors (Lipinski definition) is 3. The molecule has 2 heterocycles. The first-order chi connectivity index (χ1) is 17.3. The van der Waals surface area contributed by atoms with Gasteiger partial charge in [-0.1, -0.05) is 18.9 Å². The lowest BCUT2D eigenvalue weighted by atomic mass is 9.67. The average Bonchev–Trinajstić information content (AvgIpc) is 3.47. The number of H-pyrrole nitrogens is 1. The summed E-state index contributed by atoms with van der Waals surface area (Å²) in [5.41, 5.74) is 6.74. The van der Waals surface area contributed by atoms with Gasteiger partial charge in [0.2, 0.25) is 11.8 Å². The molecule has 3 aliphatic rings. The van der Waals surface area contributed by atoms with Crippen LogP contribution in [-0.2, 0) is 14.4 Å². The van der Waals surface area contributed by atoms with E-state index in [1.165, 1.54) is 0 Å². The van der Waals surface area contributed by atoms with Crippen LogP contribution in [0.1, 0.15) is 68.3 Å². The van der Waals surface area contributed by atoms with E-state index >= 15 is 0 Å². The monoisotopic (exact) mass is 494 g/mol. The Morgan fingerprint density at radius 3 is 2.72 bits per heavy atom.